The molecule has 0 atom stereocenters. The molecule has 0 spiro atoms. The highest BCUT2D eigenvalue weighted by Crippen LogP contribution is 2.44. The van der Waals surface area contributed by atoms with E-state index in [1.165, 1.54) is 35.3 Å². The van der Waals surface area contributed by atoms with Gasteiger partial charge in [0, 0.05) is 190 Å². The van der Waals surface area contributed by atoms with Crippen LogP contribution >= 0.6 is 0 Å². The number of benzene rings is 8. The summed E-state index contributed by atoms with van der Waals surface area (Å²) in [4.78, 5) is 103. The predicted octanol–water partition coefficient (Wildman–Crippen LogP) is 18.1. The van der Waals surface area contributed by atoms with Crippen molar-refractivity contribution in [2.75, 3.05) is 226 Å². The predicted molar refractivity (Wildman–Crippen MR) is 605 cm³/mol. The van der Waals surface area contributed by atoms with Gasteiger partial charge in [-0.25, -0.2) is 29.9 Å². The topological polar surface area (TPSA) is 363 Å². The lowest BCUT2D eigenvalue weighted by atomic mass is 10.1. The Morgan fingerprint density at radius 3 is 1.12 bits per heavy atom. The minimum absolute atomic E-state index is 0.293. The summed E-state index contributed by atoms with van der Waals surface area (Å²) in [6.45, 7) is 29.2. The molecule has 0 aliphatic carbocycles. The van der Waals surface area contributed by atoms with Crippen LogP contribution in [-0.4, -0.2) is 271 Å². The fourth-order valence-corrected chi connectivity index (χ4v) is 16.6. The van der Waals surface area contributed by atoms with Crippen LogP contribution in [0.2, 0.25) is 0 Å². The van der Waals surface area contributed by atoms with Gasteiger partial charge in [0.25, 0.3) is 0 Å². The van der Waals surface area contributed by atoms with Gasteiger partial charge in [0.2, 0.25) is 47.4 Å². The van der Waals surface area contributed by atoms with Crippen molar-refractivity contribution in [3.63, 3.8) is 0 Å². The molecule has 4 amide bonds. The molecule has 0 aliphatic heterocycles. The molecule has 0 aliphatic rings. The van der Waals surface area contributed by atoms with Gasteiger partial charge in [0.1, 0.15) is 40.3 Å². The number of hydrogen-bond donors (Lipinski definition) is 8. The zero-order chi connectivity index (χ0) is 107. The van der Waals surface area contributed by atoms with Gasteiger partial charge in [-0.2, -0.15) is 15.1 Å². The molecule has 8 N–H and O–H groups in total. The molecule has 0 saturated carbocycles. The van der Waals surface area contributed by atoms with E-state index < -0.39 is 0 Å². The number of nitrogens with zero attached hydrogens (tertiary/aromatic N) is 21. The first kappa shape index (κ1) is 109. The molecular weight excluding hydrogens is 1880 g/mol. The van der Waals surface area contributed by atoms with Gasteiger partial charge in [-0.3, -0.25) is 23.9 Å². The maximum absolute atomic E-state index is 12.3. The Morgan fingerprint density at radius 1 is 0.362 bits per heavy atom. The fraction of sp³-hybridized carbons (Fsp3) is 0.259. The van der Waals surface area contributed by atoms with Crippen molar-refractivity contribution >= 4 is 159 Å². The van der Waals surface area contributed by atoms with Gasteiger partial charge >= 0.3 is 0 Å². The average molecular weight is 2010 g/mol. The van der Waals surface area contributed by atoms with E-state index in [2.05, 4.69) is 201 Å². The molecule has 16 aromatic rings. The van der Waals surface area contributed by atoms with Crippen LogP contribution in [0.1, 0.15) is 19.4 Å². The number of aryl methyl sites for hydroxylation is 3. The second-order valence-corrected chi connectivity index (χ2v) is 35.8. The summed E-state index contributed by atoms with van der Waals surface area (Å²) in [6, 6.07) is 57.0. The Bertz CT molecular complexity index is 7210. The van der Waals surface area contributed by atoms with E-state index in [0.717, 1.165) is 155 Å². The van der Waals surface area contributed by atoms with Crippen LogP contribution in [0.4, 0.5) is 92.0 Å². The molecule has 149 heavy (non-hydrogen) atoms. The highest BCUT2D eigenvalue weighted by atomic mass is 16.5. The minimum Gasteiger partial charge on any atom is -0.494 e. The van der Waals surface area contributed by atoms with Crippen LogP contribution in [0.15, 0.2) is 270 Å². The summed E-state index contributed by atoms with van der Waals surface area (Å²) >= 11 is 0. The number of nitrogens with one attached hydrogen (secondary N) is 8. The number of aromatic nitrogens is 13. The summed E-state index contributed by atoms with van der Waals surface area (Å²) in [5.41, 5.74) is 17.0. The Labute approximate surface area is 869 Å². The van der Waals surface area contributed by atoms with Gasteiger partial charge < -0.3 is 114 Å². The van der Waals surface area contributed by atoms with Crippen molar-refractivity contribution in [2.45, 2.75) is 20.8 Å². The maximum Gasteiger partial charge on any atom is 0.247 e. The number of hydrogen-bond acceptors (Lipinski definition) is 29. The van der Waals surface area contributed by atoms with Gasteiger partial charge in [0.15, 0.2) is 0 Å². The molecule has 0 unspecified atom stereocenters. The van der Waals surface area contributed by atoms with Crippen LogP contribution in [-0.2, 0) is 33.3 Å². The van der Waals surface area contributed by atoms with E-state index in [1.807, 2.05) is 250 Å². The number of anilines is 16. The van der Waals surface area contributed by atoms with Crippen molar-refractivity contribution in [3.05, 3.63) is 275 Å². The van der Waals surface area contributed by atoms with Gasteiger partial charge in [-0.05, 0) is 176 Å². The first-order valence-electron chi connectivity index (χ1n) is 48.5. The average Bonchev–Trinajstić information content (AvgIpc) is 1.68. The Hall–Kier alpha value is -17.6. The number of fused-ring (bicyclic) bond motifs is 4. The third kappa shape index (κ3) is 27.6. The fourth-order valence-electron chi connectivity index (χ4n) is 16.6. The molecule has 0 saturated heterocycles. The molecule has 774 valence electrons. The molecule has 8 aromatic heterocycles. The number of para-hydroxylation sites is 4. The second kappa shape index (κ2) is 51.3. The standard InChI is InChI=1S/C30H37N7O2.C28H33N7O2.C27H32N8O2.C27H31N7O2/c1-7-29(38)32-24-18-25(28(39-6)19-27(24)35(4)16-17-37(8-2)9-3)34-30-31-15-14-23(33-30)22-20-36(5)26-13-11-10-12-21(22)26;1-7-27(36)30-21-16-22(25(37-6)17-24(21)34(5)15-14-33(3)4)31-28-29-13-12-26(32-28)35-18-19(2)20-10-8-9-11-23(20)35;1-7-25(36)29-20-16-21(24(37-6)17-23(20)34(4)15-14-33(2)3)31-27-28-13-12-19(30-27)26-18-10-8-9-11-22(18)35(5)32-26;1-6-26(35)29-20-17-21(24(36-5)18-23(20)33(4)16-15-32(2)3)30-27-28-13-11-25(31-27)34-14-12-19-9-7-8-10-22(19)34/h7,10-15,18-20H,1,8-9,16-17H2,2-6H3,(H,32,38)(H,31,33,34);7-13,16-18H,1,14-15H2,2-6H3,(H,30,36)(H,29,31,32);7-13,16-17H,1,14-15H2,2-6H3,(H,29,36)(H,28,30,31);6-14,17-18H,1,15-16H2,2-5H3,(H,29,35)(H,28,30,31). The number of methoxy groups -OCH3 is 4. The van der Waals surface area contributed by atoms with Crippen molar-refractivity contribution < 1.29 is 38.1 Å². The lowest BCUT2D eigenvalue weighted by Crippen LogP contribution is -2.33. The minimum atomic E-state index is -0.307. The van der Waals surface area contributed by atoms with Crippen molar-refractivity contribution in [2.24, 2.45) is 14.1 Å². The van der Waals surface area contributed by atoms with Crippen molar-refractivity contribution in [3.8, 4) is 57.3 Å². The maximum atomic E-state index is 12.3. The SMILES string of the molecule is C=CC(=O)Nc1cc(Nc2nccc(-c3cn(C)c4ccccc34)n2)c(OC)cc1N(C)CCN(CC)CC.C=CC(=O)Nc1cc(Nc2nccc(-c3nn(C)c4ccccc34)n2)c(OC)cc1N(C)CCN(C)C.C=CC(=O)Nc1cc(Nc2nccc(-n3cc(C)c4ccccc43)n2)c(OC)cc1N(C)CCN(C)C.C=CC(=O)Nc1cc(Nc2nccc(-n3ccc4ccccc43)n2)c(OC)cc1N(C)CCN(C)C. The van der Waals surface area contributed by atoms with Crippen molar-refractivity contribution in [1.29, 1.82) is 0 Å². The van der Waals surface area contributed by atoms with Gasteiger partial charge in [-0.15, -0.1) is 0 Å². The lowest BCUT2D eigenvalue weighted by Gasteiger charge is -2.27. The molecule has 0 bridgehead atoms. The molecule has 8 heterocycles. The van der Waals surface area contributed by atoms with E-state index in [4.69, 9.17) is 38.9 Å². The number of ether oxygens (including phenoxy) is 4. The number of carbonyl (C=O) groups excluding carboxylic acids is 4. The van der Waals surface area contributed by atoms with E-state index >= 15 is 0 Å². The van der Waals surface area contributed by atoms with Crippen molar-refractivity contribution in [1.82, 2.24) is 83.0 Å². The molecule has 0 radical (unpaired) electrons. The molecule has 8 aromatic carbocycles. The summed E-state index contributed by atoms with van der Waals surface area (Å²) in [5.74, 6) is 4.25. The number of likely N-dealkylation sites (N-methyl/N-ethyl adjacent to an activating group) is 8. The normalized spacial score (nSPS) is 11.0. The Morgan fingerprint density at radius 2 is 0.711 bits per heavy atom. The first-order chi connectivity index (χ1) is 71.9. The molecule has 37 heteroatoms. The molecule has 0 fully saturated rings. The highest BCUT2D eigenvalue weighted by molar-refractivity contribution is 6.06. The molecule has 16 rings (SSSR count). The lowest BCUT2D eigenvalue weighted by molar-refractivity contribution is -0.112. The third-order valence-corrected chi connectivity index (χ3v) is 24.7. The van der Waals surface area contributed by atoms with E-state index in [1.54, 1.807) is 53.2 Å². The van der Waals surface area contributed by atoms with E-state index in [-0.39, 0.29) is 23.6 Å². The summed E-state index contributed by atoms with van der Waals surface area (Å²) in [5, 5.41) is 33.8. The number of amides is 4. The highest BCUT2D eigenvalue weighted by Gasteiger charge is 2.26. The number of rotatable bonds is 42. The quantitative estimate of drug-likeness (QED) is 0.0165. The van der Waals surface area contributed by atoms with E-state index in [0.29, 0.717) is 98.0 Å². The Balaban J connectivity index is 0.000000166. The van der Waals surface area contributed by atoms with Crippen LogP contribution in [0.25, 0.3) is 77.9 Å². The zero-order valence-corrected chi connectivity index (χ0v) is 88.2. The van der Waals surface area contributed by atoms with Crippen LogP contribution in [0.3, 0.4) is 0 Å². The second-order valence-electron chi connectivity index (χ2n) is 35.8. The van der Waals surface area contributed by atoms with Crippen LogP contribution < -0.4 is 81.1 Å². The molecular formula is C112H133N29O8. The zero-order valence-electron chi connectivity index (χ0n) is 88.2. The Kier molecular flexibility index (Phi) is 37.4. The third-order valence-electron chi connectivity index (χ3n) is 24.7. The summed E-state index contributed by atoms with van der Waals surface area (Å²) < 4.78 is 30.8. The summed E-state index contributed by atoms with van der Waals surface area (Å²) in [6.07, 6.45) is 17.9. The first-order valence-corrected chi connectivity index (χ1v) is 48.5. The summed E-state index contributed by atoms with van der Waals surface area (Å²) in [7, 11) is 30.4. The van der Waals surface area contributed by atoms with Gasteiger partial charge in [0.05, 0.1) is 125 Å². The smallest absolute Gasteiger partial charge is 0.247 e. The van der Waals surface area contributed by atoms with Gasteiger partial charge in [-0.1, -0.05) is 113 Å². The largest absolute Gasteiger partial charge is 0.494 e. The van der Waals surface area contributed by atoms with E-state index in [9.17, 15) is 19.2 Å². The monoisotopic (exact) mass is 2010 g/mol. The number of carbonyl (C=O) groups is 4. The van der Waals surface area contributed by atoms with Crippen LogP contribution in [0, 0.1) is 6.92 Å². The molecule has 37 nitrogen and oxygen atoms in total. The van der Waals surface area contributed by atoms with Crippen LogP contribution in [0.5, 0.6) is 23.0 Å².